The zero-order valence-electron chi connectivity index (χ0n) is 22.5. The van der Waals surface area contributed by atoms with E-state index in [1.807, 2.05) is 13.5 Å². The molecule has 0 spiro atoms. The fourth-order valence-electron chi connectivity index (χ4n) is 5.06. The maximum absolute atomic E-state index is 11.6. The number of carbonyl (C=O) groups excluding carboxylic acids is 1. The van der Waals surface area contributed by atoms with Crippen LogP contribution in [0.5, 0.6) is 0 Å². The predicted molar refractivity (Wildman–Crippen MR) is 142 cm³/mol. The number of esters is 1. The molecule has 0 saturated carbocycles. The zero-order chi connectivity index (χ0) is 27.8. The Morgan fingerprint density at radius 3 is 1.38 bits per heavy atom. The molecule has 4 fully saturated rings. The SMILES string of the molecule is C=CC(=O)OCCC(C)[Si]1(C)O[Si]2(C)O[Si]3(C)O[Si](C)(O)O[Si]4(C)O[Si](C)(O3)O[Si](C)(O2)O[Si](C)(O4)O1. The van der Waals surface area contributed by atoms with Crippen LogP contribution in [0.15, 0.2) is 12.7 Å². The van der Waals surface area contributed by atoms with Gasteiger partial charge in [0.15, 0.2) is 0 Å². The summed E-state index contributed by atoms with van der Waals surface area (Å²) in [4.78, 5) is 22.7. The lowest BCUT2D eigenvalue weighted by atomic mass is 10.3. The van der Waals surface area contributed by atoms with Crippen LogP contribution < -0.4 is 0 Å². The second-order valence-electron chi connectivity index (χ2n) is 10.3. The van der Waals surface area contributed by atoms with E-state index in [1.165, 1.54) is 6.55 Å². The smallest absolute Gasteiger partial charge is 0.463 e. The fourth-order valence-corrected chi connectivity index (χ4v) is 48.4. The molecule has 4 aliphatic rings. The summed E-state index contributed by atoms with van der Waals surface area (Å²) in [7, 11) is -29.3. The monoisotopic (exact) mass is 664 g/mol. The van der Waals surface area contributed by atoms with E-state index in [0.717, 1.165) is 6.08 Å². The first-order valence-corrected chi connectivity index (χ1v) is 29.9. The Bertz CT molecular complexity index is 910. The van der Waals surface area contributed by atoms with Crippen molar-refractivity contribution in [1.29, 1.82) is 0 Å². The van der Waals surface area contributed by atoms with Crippen LogP contribution in [0.2, 0.25) is 57.9 Å². The van der Waals surface area contributed by atoms with Crippen LogP contribution in [0.4, 0.5) is 0 Å². The van der Waals surface area contributed by atoms with Crippen molar-refractivity contribution in [2.75, 3.05) is 6.61 Å². The minimum Gasteiger partial charge on any atom is -0.463 e. The molecule has 4 heterocycles. The molecular weight excluding hydrogens is 629 g/mol. The molecule has 4 aliphatic heterocycles. The highest BCUT2D eigenvalue weighted by Gasteiger charge is 2.74. The minimum absolute atomic E-state index is 0.132. The molecule has 6 bridgehead atoms. The highest BCUT2D eigenvalue weighted by atomic mass is 28.6. The number of fused-ring (bicyclic) bond motifs is 4. The fraction of sp³-hybridized carbons (Fsp3) is 0.800. The summed E-state index contributed by atoms with van der Waals surface area (Å²) in [5, 5.41) is 0. The van der Waals surface area contributed by atoms with Crippen molar-refractivity contribution in [3.63, 3.8) is 0 Å². The normalized spacial score (nSPS) is 52.6. The van der Waals surface area contributed by atoms with Gasteiger partial charge in [0.2, 0.25) is 0 Å². The summed E-state index contributed by atoms with van der Waals surface area (Å²) in [6.07, 6.45) is 1.54. The Kier molecular flexibility index (Phi) is 7.82. The largest absolute Gasteiger partial charge is 0.480 e. The van der Waals surface area contributed by atoms with Gasteiger partial charge in [-0.25, -0.2) is 4.79 Å². The third-order valence-electron chi connectivity index (χ3n) is 5.98. The average Bonchev–Trinajstić information content (AvgIpc) is 2.59. The summed E-state index contributed by atoms with van der Waals surface area (Å²) in [6, 6.07) is 0. The number of rotatable bonds is 5. The van der Waals surface area contributed by atoms with E-state index in [9.17, 15) is 9.59 Å². The second-order valence-corrected chi connectivity index (χ2v) is 34.4. The number of hydrogen-bond donors (Lipinski definition) is 1. The summed E-state index contributed by atoms with van der Waals surface area (Å²) in [5.74, 6) is -0.517. The third-order valence-corrected chi connectivity index (χ3v) is 41.0. The van der Waals surface area contributed by atoms with Crippen molar-refractivity contribution in [2.45, 2.75) is 71.3 Å². The van der Waals surface area contributed by atoms with Gasteiger partial charge in [-0.2, -0.15) is 0 Å². The molecule has 0 radical (unpaired) electrons. The van der Waals surface area contributed by atoms with Crippen molar-refractivity contribution < 1.29 is 59.6 Å². The molecule has 14 nitrogen and oxygen atoms in total. The Hall–Kier alpha value is 0.465. The van der Waals surface area contributed by atoms with Crippen LogP contribution in [-0.2, 0) is 54.8 Å². The molecule has 5 atom stereocenters. The van der Waals surface area contributed by atoms with Gasteiger partial charge in [0.05, 0.1) is 6.61 Å². The van der Waals surface area contributed by atoms with Crippen molar-refractivity contribution in [3.8, 4) is 0 Å². The maximum Gasteiger partial charge on any atom is 0.480 e. The lowest BCUT2D eigenvalue weighted by Crippen LogP contribution is -2.82. The molecule has 4 saturated heterocycles. The van der Waals surface area contributed by atoms with Crippen LogP contribution in [0.25, 0.3) is 0 Å². The lowest BCUT2D eigenvalue weighted by molar-refractivity contribution is -0.137. The summed E-state index contributed by atoms with van der Waals surface area (Å²) in [6.45, 7) is 18.8. The van der Waals surface area contributed by atoms with Gasteiger partial charge in [0.1, 0.15) is 0 Å². The summed E-state index contributed by atoms with van der Waals surface area (Å²) < 4.78 is 76.5. The number of carbonyl (C=O) groups is 1. The molecule has 37 heavy (non-hydrogen) atoms. The Labute approximate surface area is 225 Å². The van der Waals surface area contributed by atoms with E-state index in [-0.39, 0.29) is 12.1 Å². The molecule has 1 N–H and O–H groups in total. The Morgan fingerprint density at radius 1 is 0.703 bits per heavy atom. The van der Waals surface area contributed by atoms with E-state index < -0.39 is 76.2 Å². The van der Waals surface area contributed by atoms with Crippen molar-refractivity contribution in [1.82, 2.24) is 0 Å². The van der Waals surface area contributed by atoms with Crippen LogP contribution >= 0.6 is 0 Å². The first-order chi connectivity index (χ1) is 16.7. The molecule has 0 aliphatic carbocycles. The van der Waals surface area contributed by atoms with Gasteiger partial charge in [0, 0.05) is 57.4 Å². The number of hydrogen-bond acceptors (Lipinski definition) is 14. The quantitative estimate of drug-likeness (QED) is 0.259. The second kappa shape index (κ2) is 9.50. The van der Waals surface area contributed by atoms with Gasteiger partial charge >= 0.3 is 76.2 Å². The maximum atomic E-state index is 11.6. The predicted octanol–water partition coefficient (Wildman–Crippen LogP) is 1.78. The highest BCUT2D eigenvalue weighted by Crippen LogP contribution is 2.46. The topological polar surface area (TPSA) is 148 Å². The van der Waals surface area contributed by atoms with Gasteiger partial charge in [0.25, 0.3) is 0 Å². The van der Waals surface area contributed by atoms with Crippen molar-refractivity contribution in [3.05, 3.63) is 12.7 Å². The van der Waals surface area contributed by atoms with Crippen molar-refractivity contribution in [2.24, 2.45) is 0 Å². The molecule has 4 rings (SSSR count). The van der Waals surface area contributed by atoms with Crippen LogP contribution in [0.1, 0.15) is 13.3 Å². The molecule has 5 unspecified atom stereocenters. The number of ether oxygens (including phenoxy) is 1. The average molecular weight is 665 g/mol. The summed E-state index contributed by atoms with van der Waals surface area (Å²) >= 11 is 0. The first-order valence-electron chi connectivity index (χ1n) is 11.9. The minimum atomic E-state index is -3.90. The Morgan fingerprint density at radius 2 is 1.03 bits per heavy atom. The van der Waals surface area contributed by atoms with Gasteiger partial charge in [-0.3, -0.25) is 0 Å². The van der Waals surface area contributed by atoms with E-state index in [0.29, 0.717) is 6.42 Å². The lowest BCUT2D eigenvalue weighted by Gasteiger charge is -2.58. The van der Waals surface area contributed by atoms with Crippen LogP contribution in [0.3, 0.4) is 0 Å². The van der Waals surface area contributed by atoms with Crippen LogP contribution in [0, 0.1) is 0 Å². The van der Waals surface area contributed by atoms with E-state index in [2.05, 4.69) is 6.58 Å². The Balaban J connectivity index is 1.81. The summed E-state index contributed by atoms with van der Waals surface area (Å²) in [5.41, 5.74) is -0.231. The third kappa shape index (κ3) is 6.69. The molecule has 0 amide bonds. The van der Waals surface area contributed by atoms with Gasteiger partial charge in [-0.1, -0.05) is 13.5 Å². The van der Waals surface area contributed by atoms with E-state index >= 15 is 0 Å². The van der Waals surface area contributed by atoms with E-state index in [1.54, 1.807) is 39.3 Å². The van der Waals surface area contributed by atoms with Crippen molar-refractivity contribution >= 4 is 76.2 Å². The van der Waals surface area contributed by atoms with Crippen LogP contribution in [-0.4, -0.2) is 87.6 Å². The first kappa shape index (κ1) is 30.4. The van der Waals surface area contributed by atoms with Gasteiger partial charge < -0.3 is 54.8 Å². The molecule has 212 valence electrons. The molecule has 0 aromatic rings. The molecule has 0 aromatic heterocycles. The standard InChI is InChI=1S/C15H36O14Si8/c1-11-15(16)18-13-12-14(2)30(3)19-32(5)23-34(7)21-31(4,17)22-35(8)24-33(6,20-30)26-36(9,25-32)29-37(10,27-34)28-35/h11,14,17H,1,12-13H2,2-10H3. The van der Waals surface area contributed by atoms with Gasteiger partial charge in [-0.15, -0.1) is 0 Å². The molecular formula is C15H36O14Si8. The van der Waals surface area contributed by atoms with Gasteiger partial charge in [-0.05, 0) is 13.0 Å². The van der Waals surface area contributed by atoms with E-state index in [4.69, 9.17) is 50.0 Å². The molecule has 0 aromatic carbocycles. The highest BCUT2D eigenvalue weighted by molar-refractivity contribution is 7.00. The molecule has 22 heteroatoms. The zero-order valence-corrected chi connectivity index (χ0v) is 30.5.